The van der Waals surface area contributed by atoms with Gasteiger partial charge in [0.25, 0.3) is 11.7 Å². The normalized spacial score (nSPS) is 17.6. The molecule has 1 aromatic heterocycles. The molecule has 1 aliphatic rings. The summed E-state index contributed by atoms with van der Waals surface area (Å²) in [6.07, 6.45) is 3.11. The van der Waals surface area contributed by atoms with Crippen LogP contribution >= 0.6 is 23.2 Å². The highest BCUT2D eigenvalue weighted by atomic mass is 35.5. The Bertz CT molecular complexity index is 1260. The predicted molar refractivity (Wildman–Crippen MR) is 123 cm³/mol. The van der Waals surface area contributed by atoms with E-state index in [1.807, 2.05) is 0 Å². The fourth-order valence-corrected chi connectivity index (χ4v) is 4.15. The summed E-state index contributed by atoms with van der Waals surface area (Å²) < 4.78 is 5.34. The van der Waals surface area contributed by atoms with Crippen LogP contribution in [-0.2, 0) is 9.59 Å². The maximum absolute atomic E-state index is 13.2. The molecule has 6 nitrogen and oxygen atoms in total. The van der Waals surface area contributed by atoms with E-state index in [1.165, 1.54) is 18.1 Å². The van der Waals surface area contributed by atoms with Crippen molar-refractivity contribution in [1.82, 2.24) is 4.98 Å². The number of anilines is 1. The number of aromatic nitrogens is 1. The van der Waals surface area contributed by atoms with Crippen molar-refractivity contribution in [2.75, 3.05) is 12.0 Å². The third-order valence-corrected chi connectivity index (χ3v) is 6.03. The molecule has 0 saturated carbocycles. The molecule has 0 aliphatic carbocycles. The van der Waals surface area contributed by atoms with Crippen molar-refractivity contribution in [3.8, 4) is 5.75 Å². The number of aliphatic hydroxyl groups is 1. The first kappa shape index (κ1) is 21.9. The molecule has 2 aromatic carbocycles. The molecular formula is C24H18Cl2N2O4. The number of carbonyl (C=O) groups is 2. The molecule has 3 aromatic rings. The average Bonchev–Trinajstić information content (AvgIpc) is 3.06. The molecule has 32 heavy (non-hydrogen) atoms. The molecule has 2 heterocycles. The Morgan fingerprint density at radius 3 is 2.50 bits per heavy atom. The van der Waals surface area contributed by atoms with Gasteiger partial charge in [-0.1, -0.05) is 29.3 Å². The molecule has 0 radical (unpaired) electrons. The van der Waals surface area contributed by atoms with E-state index in [9.17, 15) is 14.7 Å². The van der Waals surface area contributed by atoms with Crippen molar-refractivity contribution in [2.24, 2.45) is 0 Å². The van der Waals surface area contributed by atoms with Gasteiger partial charge in [0.1, 0.15) is 11.5 Å². The van der Waals surface area contributed by atoms with Gasteiger partial charge < -0.3 is 9.84 Å². The standard InChI is InChI=1S/C24H18Cl2N2O4/c1-13-17(26)4-3-5-18(13)28-21(14-8-10-27-11-9-14)20(23(30)24(28)31)22(29)16-12-15(25)6-7-19(16)32-2/h3-12,21,29H,1-2H3/b22-20+. The smallest absolute Gasteiger partial charge is 0.300 e. The van der Waals surface area contributed by atoms with Crippen molar-refractivity contribution in [3.05, 3.63) is 93.2 Å². The highest BCUT2D eigenvalue weighted by molar-refractivity contribution is 6.52. The molecule has 1 aliphatic heterocycles. The van der Waals surface area contributed by atoms with Gasteiger partial charge in [0.05, 0.1) is 24.3 Å². The van der Waals surface area contributed by atoms with Crippen LogP contribution in [0.2, 0.25) is 10.0 Å². The Morgan fingerprint density at radius 1 is 1.09 bits per heavy atom. The van der Waals surface area contributed by atoms with Crippen LogP contribution in [0, 0.1) is 6.92 Å². The maximum atomic E-state index is 13.2. The van der Waals surface area contributed by atoms with Crippen LogP contribution in [0.4, 0.5) is 5.69 Å². The molecule has 1 unspecified atom stereocenters. The number of hydrogen-bond donors (Lipinski definition) is 1. The summed E-state index contributed by atoms with van der Waals surface area (Å²) in [5.41, 5.74) is 1.83. The zero-order chi connectivity index (χ0) is 23.0. The third-order valence-electron chi connectivity index (χ3n) is 5.38. The summed E-state index contributed by atoms with van der Waals surface area (Å²) in [5.74, 6) is -1.68. The predicted octanol–water partition coefficient (Wildman–Crippen LogP) is 5.33. The van der Waals surface area contributed by atoms with Gasteiger partial charge in [-0.25, -0.2) is 0 Å². The van der Waals surface area contributed by atoms with Crippen LogP contribution in [0.1, 0.15) is 22.7 Å². The number of hydrogen-bond acceptors (Lipinski definition) is 5. The quantitative estimate of drug-likeness (QED) is 0.317. The van der Waals surface area contributed by atoms with E-state index in [4.69, 9.17) is 27.9 Å². The SMILES string of the molecule is COc1ccc(Cl)cc1/C(O)=C1\C(=O)C(=O)N(c2cccc(Cl)c2C)C1c1ccncc1. The van der Waals surface area contributed by atoms with Crippen molar-refractivity contribution < 1.29 is 19.4 Å². The summed E-state index contributed by atoms with van der Waals surface area (Å²) in [7, 11) is 1.44. The average molecular weight is 469 g/mol. The minimum Gasteiger partial charge on any atom is -0.507 e. The van der Waals surface area contributed by atoms with Gasteiger partial charge in [0, 0.05) is 28.1 Å². The Morgan fingerprint density at radius 2 is 1.81 bits per heavy atom. The molecule has 1 saturated heterocycles. The Labute approximate surface area is 194 Å². The first-order valence-electron chi connectivity index (χ1n) is 9.65. The number of carbonyl (C=O) groups excluding carboxylic acids is 2. The largest absolute Gasteiger partial charge is 0.507 e. The van der Waals surface area contributed by atoms with E-state index in [1.54, 1.807) is 61.8 Å². The first-order valence-corrected chi connectivity index (χ1v) is 10.4. The van der Waals surface area contributed by atoms with E-state index < -0.39 is 17.7 Å². The summed E-state index contributed by atoms with van der Waals surface area (Å²) in [5, 5.41) is 12.1. The maximum Gasteiger partial charge on any atom is 0.300 e. The minimum atomic E-state index is -0.904. The Kier molecular flexibility index (Phi) is 5.91. The minimum absolute atomic E-state index is 0.0823. The van der Waals surface area contributed by atoms with E-state index in [0.29, 0.717) is 32.6 Å². The van der Waals surface area contributed by atoms with Crippen molar-refractivity contribution in [3.63, 3.8) is 0 Å². The molecule has 162 valence electrons. The summed E-state index contributed by atoms with van der Waals surface area (Å²) in [6.45, 7) is 1.76. The van der Waals surface area contributed by atoms with Gasteiger partial charge in [-0.3, -0.25) is 19.5 Å². The zero-order valence-electron chi connectivity index (χ0n) is 17.2. The lowest BCUT2D eigenvalue weighted by Gasteiger charge is -2.27. The zero-order valence-corrected chi connectivity index (χ0v) is 18.7. The number of aliphatic hydroxyl groups excluding tert-OH is 1. The van der Waals surface area contributed by atoms with Gasteiger partial charge >= 0.3 is 0 Å². The molecule has 1 fully saturated rings. The topological polar surface area (TPSA) is 79.7 Å². The molecule has 8 heteroatoms. The fraction of sp³-hybridized carbons (Fsp3) is 0.125. The number of methoxy groups -OCH3 is 1. The second-order valence-corrected chi connectivity index (χ2v) is 8.02. The third kappa shape index (κ3) is 3.61. The van der Waals surface area contributed by atoms with Crippen molar-refractivity contribution >= 4 is 46.3 Å². The molecule has 0 spiro atoms. The number of nitrogens with zero attached hydrogens (tertiary/aromatic N) is 2. The van der Waals surface area contributed by atoms with Crippen LogP contribution < -0.4 is 9.64 Å². The number of pyridine rings is 1. The summed E-state index contributed by atoms with van der Waals surface area (Å²) in [6, 6.07) is 12.2. The van der Waals surface area contributed by atoms with Gasteiger partial charge in [0.15, 0.2) is 0 Å². The molecule has 0 bridgehead atoms. The second kappa shape index (κ2) is 8.65. The molecular weight excluding hydrogens is 451 g/mol. The van der Waals surface area contributed by atoms with Gasteiger partial charge in [0.2, 0.25) is 0 Å². The van der Waals surface area contributed by atoms with Crippen LogP contribution in [0.5, 0.6) is 5.75 Å². The highest BCUT2D eigenvalue weighted by Gasteiger charge is 2.47. The number of ketones is 1. The number of rotatable bonds is 4. The molecule has 4 rings (SSSR count). The Balaban J connectivity index is 2.01. The fourth-order valence-electron chi connectivity index (χ4n) is 3.81. The van der Waals surface area contributed by atoms with Gasteiger partial charge in [-0.15, -0.1) is 0 Å². The lowest BCUT2D eigenvalue weighted by molar-refractivity contribution is -0.132. The molecule has 1 N–H and O–H groups in total. The van der Waals surface area contributed by atoms with Crippen molar-refractivity contribution in [1.29, 1.82) is 0 Å². The summed E-state index contributed by atoms with van der Waals surface area (Å²) in [4.78, 5) is 31.8. The second-order valence-electron chi connectivity index (χ2n) is 7.18. The van der Waals surface area contributed by atoms with Crippen LogP contribution in [-0.4, -0.2) is 28.9 Å². The van der Waals surface area contributed by atoms with Gasteiger partial charge in [-0.05, 0) is 60.5 Å². The van der Waals surface area contributed by atoms with Crippen LogP contribution in [0.15, 0.2) is 66.5 Å². The lowest BCUT2D eigenvalue weighted by Crippen LogP contribution is -2.30. The number of amides is 1. The van der Waals surface area contributed by atoms with Crippen LogP contribution in [0.3, 0.4) is 0 Å². The first-order chi connectivity index (χ1) is 15.3. The Hall–Kier alpha value is -3.35. The summed E-state index contributed by atoms with van der Waals surface area (Å²) >= 11 is 12.4. The van der Waals surface area contributed by atoms with E-state index in [0.717, 1.165) is 0 Å². The molecule has 1 amide bonds. The van der Waals surface area contributed by atoms with Crippen LogP contribution in [0.25, 0.3) is 5.76 Å². The highest BCUT2D eigenvalue weighted by Crippen LogP contribution is 2.44. The van der Waals surface area contributed by atoms with E-state index >= 15 is 0 Å². The monoisotopic (exact) mass is 468 g/mol. The number of Topliss-reactive ketones (excluding diaryl/α,β-unsaturated/α-hetero) is 1. The lowest BCUT2D eigenvalue weighted by atomic mass is 9.95. The van der Waals surface area contributed by atoms with E-state index in [-0.39, 0.29) is 16.9 Å². The van der Waals surface area contributed by atoms with E-state index in [2.05, 4.69) is 4.98 Å². The molecule has 1 atom stereocenters. The number of benzene rings is 2. The number of ether oxygens (including phenoxy) is 1. The van der Waals surface area contributed by atoms with Crippen molar-refractivity contribution in [2.45, 2.75) is 13.0 Å². The van der Waals surface area contributed by atoms with Gasteiger partial charge in [-0.2, -0.15) is 0 Å². The number of halogens is 2.